The minimum atomic E-state index is -1.20. The molecule has 10 heteroatoms. The minimum Gasteiger partial charge on any atom is -0.258 e. The summed E-state index contributed by atoms with van der Waals surface area (Å²) in [6.07, 6.45) is 0. The third kappa shape index (κ3) is 2.16. The molecule has 10 nitrogen and oxygen atoms in total. The molecule has 0 spiro atoms. The lowest BCUT2D eigenvalue weighted by molar-refractivity contribution is -0.712. The van der Waals surface area contributed by atoms with Crippen LogP contribution < -0.4 is 5.12 Å². The lowest BCUT2D eigenvalue weighted by Gasteiger charge is -2.08. The van der Waals surface area contributed by atoms with E-state index in [9.17, 15) is 30.3 Å². The molecule has 0 aromatic heterocycles. The molecule has 0 bridgehead atoms. The van der Waals surface area contributed by atoms with Crippen LogP contribution in [0.2, 0.25) is 0 Å². The second kappa shape index (κ2) is 4.61. The molecular weight excluding hydrogens is 248 g/mol. The molecular formula is C8H8N4O6. The zero-order valence-electron chi connectivity index (χ0n) is 9.39. The van der Waals surface area contributed by atoms with E-state index in [1.165, 1.54) is 13.8 Å². The lowest BCUT2D eigenvalue weighted by atomic mass is 10.1. The van der Waals surface area contributed by atoms with Crippen LogP contribution in [-0.4, -0.2) is 15.0 Å². The van der Waals surface area contributed by atoms with Gasteiger partial charge in [0.25, 0.3) is 5.69 Å². The normalized spacial score (nSPS) is 9.89. The highest BCUT2D eigenvalue weighted by Crippen LogP contribution is 2.29. The van der Waals surface area contributed by atoms with Gasteiger partial charge in [0.1, 0.15) is 0 Å². The summed E-state index contributed by atoms with van der Waals surface area (Å²) in [5.74, 6) is 0. The molecule has 96 valence electrons. The Morgan fingerprint density at radius 3 is 1.83 bits per heavy atom. The molecule has 0 radical (unpaired) electrons. The first kappa shape index (κ1) is 13.3. The van der Waals surface area contributed by atoms with Crippen LogP contribution in [0.25, 0.3) is 0 Å². The van der Waals surface area contributed by atoms with E-state index in [4.69, 9.17) is 0 Å². The summed E-state index contributed by atoms with van der Waals surface area (Å²) in [5.41, 5.74) is -0.306. The SMILES string of the molecule is Cc1c(N([N+](=O)[O-])[N+](=O)[O-])ccc([N+](=O)[O-])c1C. The van der Waals surface area contributed by atoms with Crippen LogP contribution in [0.15, 0.2) is 12.1 Å². The van der Waals surface area contributed by atoms with Crippen molar-refractivity contribution in [1.29, 1.82) is 0 Å². The van der Waals surface area contributed by atoms with Crippen LogP contribution in [-0.2, 0) is 0 Å². The van der Waals surface area contributed by atoms with Gasteiger partial charge >= 0.3 is 0 Å². The Bertz CT molecular complexity index is 529. The van der Waals surface area contributed by atoms with Gasteiger partial charge in [-0.1, -0.05) is 0 Å². The molecule has 0 unspecified atom stereocenters. The average molecular weight is 256 g/mol. The maximum absolute atomic E-state index is 10.6. The molecule has 0 aliphatic rings. The van der Waals surface area contributed by atoms with Crippen LogP contribution in [0.5, 0.6) is 0 Å². The molecule has 18 heavy (non-hydrogen) atoms. The van der Waals surface area contributed by atoms with Crippen molar-refractivity contribution in [2.24, 2.45) is 0 Å². The molecule has 1 rings (SSSR count). The van der Waals surface area contributed by atoms with Gasteiger partial charge in [-0.3, -0.25) is 10.1 Å². The molecule has 0 atom stereocenters. The van der Waals surface area contributed by atoms with Crippen molar-refractivity contribution in [3.63, 3.8) is 0 Å². The molecule has 1 aromatic rings. The maximum Gasteiger partial charge on any atom is 0.272 e. The molecule has 0 saturated heterocycles. The van der Waals surface area contributed by atoms with Crippen molar-refractivity contribution >= 4 is 11.4 Å². The number of hydrogen-bond acceptors (Lipinski definition) is 6. The van der Waals surface area contributed by atoms with Gasteiger partial charge in [-0.05, 0) is 25.5 Å². The quantitative estimate of drug-likeness (QED) is 0.587. The van der Waals surface area contributed by atoms with Crippen molar-refractivity contribution in [2.75, 3.05) is 5.12 Å². The average Bonchev–Trinajstić information content (AvgIpc) is 2.23. The zero-order chi connectivity index (χ0) is 14.0. The van der Waals surface area contributed by atoms with Crippen molar-refractivity contribution in [1.82, 2.24) is 0 Å². The molecule has 0 amide bonds. The summed E-state index contributed by atoms with van der Waals surface area (Å²) >= 11 is 0. The second-order valence-corrected chi connectivity index (χ2v) is 3.38. The number of benzene rings is 1. The highest BCUT2D eigenvalue weighted by atomic mass is 16.8. The monoisotopic (exact) mass is 256 g/mol. The van der Waals surface area contributed by atoms with E-state index in [-0.39, 0.29) is 27.6 Å². The van der Waals surface area contributed by atoms with Gasteiger partial charge in [0, 0.05) is 11.6 Å². The number of nitrogens with zero attached hydrogens (tertiary/aromatic N) is 4. The van der Waals surface area contributed by atoms with Crippen LogP contribution in [0.1, 0.15) is 11.1 Å². The summed E-state index contributed by atoms with van der Waals surface area (Å²) in [7, 11) is 0. The Hall–Kier alpha value is -2.78. The number of nitro groups is 3. The fourth-order valence-electron chi connectivity index (χ4n) is 1.44. The predicted octanol–water partition coefficient (Wildman–Crippen LogP) is 1.40. The largest absolute Gasteiger partial charge is 0.272 e. The van der Waals surface area contributed by atoms with E-state index in [0.717, 1.165) is 12.1 Å². The number of nitro benzene ring substituents is 1. The summed E-state index contributed by atoms with van der Waals surface area (Å²) in [5, 5.41) is 29.1. The van der Waals surface area contributed by atoms with E-state index in [1.54, 1.807) is 0 Å². The van der Waals surface area contributed by atoms with E-state index in [0.29, 0.717) is 0 Å². The first-order chi connectivity index (χ1) is 8.27. The summed E-state index contributed by atoms with van der Waals surface area (Å²) < 4.78 is 0. The number of hydrogen-bond donors (Lipinski definition) is 0. The highest BCUT2D eigenvalue weighted by Gasteiger charge is 2.33. The molecule has 0 aliphatic carbocycles. The highest BCUT2D eigenvalue weighted by molar-refractivity contribution is 5.59. The Balaban J connectivity index is 3.44. The first-order valence-electron chi connectivity index (χ1n) is 4.60. The predicted molar refractivity (Wildman–Crippen MR) is 59.0 cm³/mol. The third-order valence-electron chi connectivity index (χ3n) is 2.45. The van der Waals surface area contributed by atoms with Crippen molar-refractivity contribution < 1.29 is 15.0 Å². The van der Waals surface area contributed by atoms with E-state index < -0.39 is 15.0 Å². The van der Waals surface area contributed by atoms with Gasteiger partial charge in [-0.25, -0.2) is 20.2 Å². The molecule has 0 aliphatic heterocycles. The van der Waals surface area contributed by atoms with Gasteiger partial charge < -0.3 is 0 Å². The van der Waals surface area contributed by atoms with Crippen LogP contribution >= 0.6 is 0 Å². The number of anilines is 1. The molecule has 1 aromatic carbocycles. The fraction of sp³-hybridized carbons (Fsp3) is 0.250. The van der Waals surface area contributed by atoms with Gasteiger partial charge in [-0.2, -0.15) is 0 Å². The Kier molecular flexibility index (Phi) is 3.40. The van der Waals surface area contributed by atoms with Crippen LogP contribution in [0.3, 0.4) is 0 Å². The van der Waals surface area contributed by atoms with Crippen LogP contribution in [0, 0.1) is 44.2 Å². The van der Waals surface area contributed by atoms with Gasteiger partial charge in [0.05, 0.1) is 4.92 Å². The Morgan fingerprint density at radius 1 is 0.944 bits per heavy atom. The maximum atomic E-state index is 10.6. The molecule has 0 N–H and O–H groups in total. The van der Waals surface area contributed by atoms with E-state index in [2.05, 4.69) is 0 Å². The Morgan fingerprint density at radius 2 is 1.44 bits per heavy atom. The second-order valence-electron chi connectivity index (χ2n) is 3.38. The van der Waals surface area contributed by atoms with Crippen molar-refractivity contribution in [3.8, 4) is 0 Å². The third-order valence-corrected chi connectivity index (χ3v) is 2.45. The van der Waals surface area contributed by atoms with E-state index in [1.807, 2.05) is 0 Å². The van der Waals surface area contributed by atoms with Crippen molar-refractivity contribution in [3.05, 3.63) is 53.6 Å². The lowest BCUT2D eigenvalue weighted by Crippen LogP contribution is -2.36. The van der Waals surface area contributed by atoms with Crippen molar-refractivity contribution in [2.45, 2.75) is 13.8 Å². The number of rotatable bonds is 4. The number of hydrazine groups is 2. The van der Waals surface area contributed by atoms with Crippen LogP contribution in [0.4, 0.5) is 11.4 Å². The van der Waals surface area contributed by atoms with Gasteiger partial charge in [0.15, 0.2) is 10.8 Å². The first-order valence-corrected chi connectivity index (χ1v) is 4.60. The minimum absolute atomic E-state index is 0.109. The zero-order valence-corrected chi connectivity index (χ0v) is 9.39. The van der Waals surface area contributed by atoms with Gasteiger partial charge in [-0.15, -0.1) is 0 Å². The Labute approximate surface area is 99.8 Å². The smallest absolute Gasteiger partial charge is 0.258 e. The topological polar surface area (TPSA) is 133 Å². The molecule has 0 heterocycles. The van der Waals surface area contributed by atoms with Gasteiger partial charge in [0.2, 0.25) is 10.1 Å². The van der Waals surface area contributed by atoms with E-state index >= 15 is 0 Å². The summed E-state index contributed by atoms with van der Waals surface area (Å²) in [4.78, 5) is 31.1. The molecule has 0 saturated carbocycles. The molecule has 0 fully saturated rings. The summed E-state index contributed by atoms with van der Waals surface area (Å²) in [6.45, 7) is 2.71. The standard InChI is InChI=1S/C8H8N4O6/c1-5-6(2)8(10(13)14)4-3-7(5)9(11(15)16)12(17)18/h3-4H,1-2H3. The fourth-order valence-corrected chi connectivity index (χ4v) is 1.44. The summed E-state index contributed by atoms with van der Waals surface area (Å²) in [6, 6.07) is 1.98.